The molecule has 0 saturated carbocycles. The van der Waals surface area contributed by atoms with E-state index in [4.69, 9.17) is 4.98 Å². The minimum Gasteiger partial charge on any atom is -0.348 e. The normalized spacial score (nSPS) is 11.5. The van der Waals surface area contributed by atoms with Crippen molar-refractivity contribution in [3.8, 4) is 0 Å². The maximum atomic E-state index is 12.9. The van der Waals surface area contributed by atoms with Gasteiger partial charge in [-0.1, -0.05) is 58.5 Å². The van der Waals surface area contributed by atoms with Crippen molar-refractivity contribution in [2.45, 2.75) is 53.5 Å². The van der Waals surface area contributed by atoms with Crippen molar-refractivity contribution in [3.05, 3.63) is 77.3 Å². The minimum absolute atomic E-state index is 0.0238. The van der Waals surface area contributed by atoms with Gasteiger partial charge in [0.15, 0.2) is 0 Å². The zero-order valence-electron chi connectivity index (χ0n) is 21.0. The SMILES string of the molecule is C=CC(=O)NCc1ccc(C(=O)N(CC)CCC(C)c2nc3ccccc3s2)cc1.CC(C)C. The van der Waals surface area contributed by atoms with Crippen molar-refractivity contribution in [1.29, 1.82) is 0 Å². The van der Waals surface area contributed by atoms with Crippen LogP contribution in [0.15, 0.2) is 61.2 Å². The van der Waals surface area contributed by atoms with E-state index >= 15 is 0 Å². The molecular formula is C28H37N3O2S. The summed E-state index contributed by atoms with van der Waals surface area (Å²) >= 11 is 1.73. The molecule has 0 aliphatic heterocycles. The molecular weight excluding hydrogens is 442 g/mol. The van der Waals surface area contributed by atoms with Crippen LogP contribution in [-0.4, -0.2) is 34.8 Å². The van der Waals surface area contributed by atoms with Crippen molar-refractivity contribution in [3.63, 3.8) is 0 Å². The van der Waals surface area contributed by atoms with E-state index in [1.54, 1.807) is 11.3 Å². The van der Waals surface area contributed by atoms with Gasteiger partial charge in [0.25, 0.3) is 5.91 Å². The van der Waals surface area contributed by atoms with Crippen LogP contribution in [0, 0.1) is 5.92 Å². The number of carbonyl (C=O) groups is 2. The average Bonchev–Trinajstić information content (AvgIpc) is 3.27. The van der Waals surface area contributed by atoms with E-state index in [9.17, 15) is 9.59 Å². The standard InChI is InChI=1S/C24H27N3O2S.C4H10/c1-4-22(28)25-16-18-10-12-19(13-11-18)24(29)27(5-2)15-14-17(3)23-26-20-8-6-7-9-21(20)30-23;1-4(2)3/h4,6-13,17H,1,5,14-16H2,2-3H3,(H,25,28);4H,1-3H3. The topological polar surface area (TPSA) is 62.3 Å². The second-order valence-corrected chi connectivity index (χ2v) is 10.0. The van der Waals surface area contributed by atoms with Crippen molar-refractivity contribution in [2.75, 3.05) is 13.1 Å². The maximum Gasteiger partial charge on any atom is 0.253 e. The van der Waals surface area contributed by atoms with Crippen LogP contribution in [0.1, 0.15) is 67.9 Å². The van der Waals surface area contributed by atoms with Crippen LogP contribution in [0.5, 0.6) is 0 Å². The highest BCUT2D eigenvalue weighted by molar-refractivity contribution is 7.18. The van der Waals surface area contributed by atoms with E-state index < -0.39 is 0 Å². The zero-order valence-corrected chi connectivity index (χ0v) is 21.8. The first-order chi connectivity index (χ1) is 16.2. The van der Waals surface area contributed by atoms with E-state index in [1.165, 1.54) is 10.8 Å². The molecule has 6 heteroatoms. The van der Waals surface area contributed by atoms with Crippen LogP contribution < -0.4 is 5.32 Å². The fraction of sp³-hybridized carbons (Fsp3) is 0.393. The van der Waals surface area contributed by atoms with Gasteiger partial charge >= 0.3 is 0 Å². The number of thiazole rings is 1. The third-order valence-corrected chi connectivity index (χ3v) is 6.35. The Morgan fingerprint density at radius 1 is 1.09 bits per heavy atom. The fourth-order valence-corrected chi connectivity index (χ4v) is 4.24. The molecule has 0 bridgehead atoms. The first-order valence-corrected chi connectivity index (χ1v) is 12.7. The van der Waals surface area contributed by atoms with Gasteiger partial charge in [-0.2, -0.15) is 0 Å². The molecule has 0 fully saturated rings. The quantitative estimate of drug-likeness (QED) is 0.360. The Bertz CT molecular complexity index is 1040. The monoisotopic (exact) mass is 479 g/mol. The van der Waals surface area contributed by atoms with Crippen molar-refractivity contribution >= 4 is 33.4 Å². The second kappa shape index (κ2) is 13.7. The number of amides is 2. The van der Waals surface area contributed by atoms with Crippen LogP contribution in [-0.2, 0) is 11.3 Å². The smallest absolute Gasteiger partial charge is 0.253 e. The zero-order chi connectivity index (χ0) is 25.1. The molecule has 1 aromatic heterocycles. The van der Waals surface area contributed by atoms with Crippen LogP contribution in [0.2, 0.25) is 0 Å². The van der Waals surface area contributed by atoms with Gasteiger partial charge in [-0.05, 0) is 55.2 Å². The number of rotatable bonds is 9. The molecule has 34 heavy (non-hydrogen) atoms. The van der Waals surface area contributed by atoms with E-state index in [-0.39, 0.29) is 11.8 Å². The van der Waals surface area contributed by atoms with Gasteiger partial charge in [0, 0.05) is 31.1 Å². The van der Waals surface area contributed by atoms with Gasteiger partial charge in [-0.15, -0.1) is 11.3 Å². The first kappa shape index (κ1) is 27.3. The molecule has 0 aliphatic carbocycles. The van der Waals surface area contributed by atoms with E-state index in [2.05, 4.69) is 45.7 Å². The summed E-state index contributed by atoms with van der Waals surface area (Å²) in [7, 11) is 0. The molecule has 0 radical (unpaired) electrons. The lowest BCUT2D eigenvalue weighted by Gasteiger charge is -2.22. The second-order valence-electron chi connectivity index (χ2n) is 8.95. The van der Waals surface area contributed by atoms with Gasteiger partial charge in [0.2, 0.25) is 5.91 Å². The van der Waals surface area contributed by atoms with Crippen LogP contribution in [0.3, 0.4) is 0 Å². The average molecular weight is 480 g/mol. The predicted octanol–water partition coefficient (Wildman–Crippen LogP) is 6.42. The van der Waals surface area contributed by atoms with Crippen molar-refractivity contribution < 1.29 is 9.59 Å². The molecule has 182 valence electrons. The van der Waals surface area contributed by atoms with Crippen LogP contribution >= 0.6 is 11.3 Å². The molecule has 1 unspecified atom stereocenters. The maximum absolute atomic E-state index is 12.9. The summed E-state index contributed by atoms with van der Waals surface area (Å²) in [6.07, 6.45) is 2.11. The summed E-state index contributed by atoms with van der Waals surface area (Å²) in [6.45, 7) is 15.9. The van der Waals surface area contributed by atoms with E-state index in [1.807, 2.05) is 54.3 Å². The number of hydrogen-bond donors (Lipinski definition) is 1. The number of nitrogens with one attached hydrogen (secondary N) is 1. The molecule has 0 aliphatic rings. The van der Waals surface area contributed by atoms with Gasteiger partial charge in [0.05, 0.1) is 15.2 Å². The van der Waals surface area contributed by atoms with Crippen molar-refractivity contribution in [2.24, 2.45) is 5.92 Å². The van der Waals surface area contributed by atoms with Gasteiger partial charge in [-0.25, -0.2) is 4.98 Å². The van der Waals surface area contributed by atoms with Gasteiger partial charge in [-0.3, -0.25) is 9.59 Å². The molecule has 2 aromatic carbocycles. The summed E-state index contributed by atoms with van der Waals surface area (Å²) in [6, 6.07) is 15.5. The Morgan fingerprint density at radius 2 is 1.74 bits per heavy atom. The highest BCUT2D eigenvalue weighted by Crippen LogP contribution is 2.29. The lowest BCUT2D eigenvalue weighted by Crippen LogP contribution is -2.32. The number of benzene rings is 2. The highest BCUT2D eigenvalue weighted by atomic mass is 32.1. The molecule has 3 rings (SSSR count). The molecule has 1 N–H and O–H groups in total. The predicted molar refractivity (Wildman–Crippen MR) is 143 cm³/mol. The largest absolute Gasteiger partial charge is 0.348 e. The minimum atomic E-state index is -0.213. The number of aromatic nitrogens is 1. The molecule has 5 nitrogen and oxygen atoms in total. The number of fused-ring (bicyclic) bond motifs is 1. The lowest BCUT2D eigenvalue weighted by atomic mass is 10.1. The summed E-state index contributed by atoms with van der Waals surface area (Å²) < 4.78 is 1.20. The number of hydrogen-bond acceptors (Lipinski definition) is 4. The third-order valence-electron chi connectivity index (χ3n) is 5.09. The lowest BCUT2D eigenvalue weighted by molar-refractivity contribution is -0.116. The Labute approximate surface area is 207 Å². The van der Waals surface area contributed by atoms with Crippen molar-refractivity contribution in [1.82, 2.24) is 15.2 Å². The molecule has 0 spiro atoms. The number of carbonyl (C=O) groups excluding carboxylic acids is 2. The Kier molecular flexibility index (Phi) is 10.9. The molecule has 0 saturated heterocycles. The highest BCUT2D eigenvalue weighted by Gasteiger charge is 2.17. The number of nitrogens with zero attached hydrogens (tertiary/aromatic N) is 2. The Balaban J connectivity index is 0.000000945. The molecule has 2 amide bonds. The molecule has 1 heterocycles. The summed E-state index contributed by atoms with van der Waals surface area (Å²) in [5, 5.41) is 3.85. The van der Waals surface area contributed by atoms with Crippen LogP contribution in [0.4, 0.5) is 0 Å². The first-order valence-electron chi connectivity index (χ1n) is 11.9. The third kappa shape index (κ3) is 8.41. The molecule has 3 aromatic rings. The van der Waals surface area contributed by atoms with E-state index in [0.717, 1.165) is 28.4 Å². The van der Waals surface area contributed by atoms with Crippen LogP contribution in [0.25, 0.3) is 10.2 Å². The number of para-hydroxylation sites is 1. The Hall–Kier alpha value is -2.99. The summed E-state index contributed by atoms with van der Waals surface area (Å²) in [4.78, 5) is 30.8. The Morgan fingerprint density at radius 3 is 2.32 bits per heavy atom. The fourth-order valence-electron chi connectivity index (χ4n) is 3.19. The van der Waals surface area contributed by atoms with Gasteiger partial charge < -0.3 is 10.2 Å². The van der Waals surface area contributed by atoms with Gasteiger partial charge in [0.1, 0.15) is 0 Å². The summed E-state index contributed by atoms with van der Waals surface area (Å²) in [5.74, 6) is 0.935. The molecule has 1 atom stereocenters. The van der Waals surface area contributed by atoms with E-state index in [0.29, 0.717) is 31.1 Å². The summed E-state index contributed by atoms with van der Waals surface area (Å²) in [5.41, 5.74) is 2.63.